The van der Waals surface area contributed by atoms with Crippen molar-refractivity contribution in [3.05, 3.63) is 60.4 Å². The standard InChI is InChI=1S/C19H15F3N2O2/c1-25-15-3-5-23-17(10-15)12-7-13(9-14(8-12)19(20,21)22)18-11-16(26-2)4-6-24-18/h3-11H,1-2H3. The number of hydrogen-bond acceptors (Lipinski definition) is 4. The molecule has 0 aliphatic heterocycles. The first kappa shape index (κ1) is 17.7. The summed E-state index contributed by atoms with van der Waals surface area (Å²) < 4.78 is 50.4. The van der Waals surface area contributed by atoms with Gasteiger partial charge in [-0.2, -0.15) is 13.2 Å². The van der Waals surface area contributed by atoms with Gasteiger partial charge in [0.1, 0.15) is 11.5 Å². The first-order valence-corrected chi connectivity index (χ1v) is 7.64. The summed E-state index contributed by atoms with van der Waals surface area (Å²) in [5, 5.41) is 0. The van der Waals surface area contributed by atoms with Crippen LogP contribution in [0.25, 0.3) is 22.5 Å². The van der Waals surface area contributed by atoms with E-state index in [4.69, 9.17) is 9.47 Å². The number of alkyl halides is 3. The molecule has 4 nitrogen and oxygen atoms in total. The number of methoxy groups -OCH3 is 2. The van der Waals surface area contributed by atoms with Crippen molar-refractivity contribution in [1.82, 2.24) is 9.97 Å². The van der Waals surface area contributed by atoms with Gasteiger partial charge in [-0.05, 0) is 30.3 Å². The molecule has 0 saturated heterocycles. The highest BCUT2D eigenvalue weighted by atomic mass is 19.4. The van der Waals surface area contributed by atoms with Crippen molar-refractivity contribution >= 4 is 0 Å². The van der Waals surface area contributed by atoms with Gasteiger partial charge in [0.25, 0.3) is 0 Å². The molecule has 7 heteroatoms. The summed E-state index contributed by atoms with van der Waals surface area (Å²) >= 11 is 0. The van der Waals surface area contributed by atoms with E-state index in [2.05, 4.69) is 9.97 Å². The molecule has 3 aromatic rings. The number of rotatable bonds is 4. The van der Waals surface area contributed by atoms with Gasteiger partial charge in [-0.15, -0.1) is 0 Å². The fourth-order valence-corrected chi connectivity index (χ4v) is 2.48. The number of pyridine rings is 2. The number of benzene rings is 1. The van der Waals surface area contributed by atoms with E-state index < -0.39 is 11.7 Å². The minimum Gasteiger partial charge on any atom is -0.497 e. The molecule has 0 unspecified atom stereocenters. The molecule has 2 aromatic heterocycles. The van der Waals surface area contributed by atoms with Crippen LogP contribution in [0.2, 0.25) is 0 Å². The van der Waals surface area contributed by atoms with Crippen LogP contribution in [-0.4, -0.2) is 24.2 Å². The largest absolute Gasteiger partial charge is 0.497 e. The van der Waals surface area contributed by atoms with Crippen LogP contribution in [0.5, 0.6) is 11.5 Å². The van der Waals surface area contributed by atoms with Gasteiger partial charge in [0.2, 0.25) is 0 Å². The predicted molar refractivity (Wildman–Crippen MR) is 91.0 cm³/mol. The van der Waals surface area contributed by atoms with Crippen LogP contribution in [0.4, 0.5) is 13.2 Å². The molecule has 0 spiro atoms. The van der Waals surface area contributed by atoms with Gasteiger partial charge in [-0.25, -0.2) is 0 Å². The Morgan fingerprint density at radius 1 is 0.731 bits per heavy atom. The van der Waals surface area contributed by atoms with Crippen molar-refractivity contribution in [3.63, 3.8) is 0 Å². The molecule has 0 N–H and O–H groups in total. The normalized spacial score (nSPS) is 11.3. The first-order valence-electron chi connectivity index (χ1n) is 7.64. The van der Waals surface area contributed by atoms with Crippen molar-refractivity contribution in [2.24, 2.45) is 0 Å². The molecule has 0 saturated carbocycles. The molecule has 3 rings (SSSR count). The third kappa shape index (κ3) is 3.77. The summed E-state index contributed by atoms with van der Waals surface area (Å²) in [5.74, 6) is 1.02. The second-order valence-corrected chi connectivity index (χ2v) is 5.46. The number of hydrogen-bond donors (Lipinski definition) is 0. The molecule has 0 aliphatic carbocycles. The zero-order valence-corrected chi connectivity index (χ0v) is 14.0. The maximum atomic E-state index is 13.4. The molecule has 0 radical (unpaired) electrons. The molecule has 134 valence electrons. The Labute approximate surface area is 148 Å². The Kier molecular flexibility index (Phi) is 4.79. The fourth-order valence-electron chi connectivity index (χ4n) is 2.48. The van der Waals surface area contributed by atoms with Gasteiger partial charge in [0.15, 0.2) is 0 Å². The average Bonchev–Trinajstić information content (AvgIpc) is 2.67. The molecule has 2 heterocycles. The van der Waals surface area contributed by atoms with Crippen molar-refractivity contribution in [2.45, 2.75) is 6.18 Å². The van der Waals surface area contributed by atoms with Crippen molar-refractivity contribution < 1.29 is 22.6 Å². The topological polar surface area (TPSA) is 44.2 Å². The molecular formula is C19H15F3N2O2. The first-order chi connectivity index (χ1) is 12.4. The SMILES string of the molecule is COc1ccnc(-c2cc(-c3cc(OC)ccn3)cc(C(F)(F)F)c2)c1. The van der Waals surface area contributed by atoms with Gasteiger partial charge < -0.3 is 9.47 Å². The summed E-state index contributed by atoms with van der Waals surface area (Å²) in [5.41, 5.74) is 0.607. The number of aromatic nitrogens is 2. The number of nitrogens with zero attached hydrogens (tertiary/aromatic N) is 2. The van der Waals surface area contributed by atoms with Crippen LogP contribution in [-0.2, 0) is 6.18 Å². The van der Waals surface area contributed by atoms with Gasteiger partial charge >= 0.3 is 6.18 Å². The van der Waals surface area contributed by atoms with E-state index in [0.717, 1.165) is 12.1 Å². The number of halogens is 3. The lowest BCUT2D eigenvalue weighted by Gasteiger charge is -2.13. The summed E-state index contributed by atoms with van der Waals surface area (Å²) in [6, 6.07) is 10.1. The van der Waals surface area contributed by atoms with Gasteiger partial charge in [0, 0.05) is 35.7 Å². The van der Waals surface area contributed by atoms with E-state index in [-0.39, 0.29) is 0 Å². The minimum atomic E-state index is -4.50. The maximum absolute atomic E-state index is 13.4. The second-order valence-electron chi connectivity index (χ2n) is 5.46. The molecule has 1 aromatic carbocycles. The Morgan fingerprint density at radius 2 is 1.19 bits per heavy atom. The summed E-state index contributed by atoms with van der Waals surface area (Å²) in [6.45, 7) is 0. The Hall–Kier alpha value is -3.09. The monoisotopic (exact) mass is 360 g/mol. The van der Waals surface area contributed by atoms with Crippen LogP contribution in [0.15, 0.2) is 54.9 Å². The lowest BCUT2D eigenvalue weighted by molar-refractivity contribution is -0.137. The molecule has 0 amide bonds. The molecule has 0 fully saturated rings. The van der Waals surface area contributed by atoms with Crippen LogP contribution in [0, 0.1) is 0 Å². The fraction of sp³-hybridized carbons (Fsp3) is 0.158. The van der Waals surface area contributed by atoms with E-state index in [0.29, 0.717) is 34.0 Å². The van der Waals surface area contributed by atoms with Crippen molar-refractivity contribution in [2.75, 3.05) is 14.2 Å². The quantitative estimate of drug-likeness (QED) is 0.667. The summed E-state index contributed by atoms with van der Waals surface area (Å²) in [4.78, 5) is 8.31. The number of ether oxygens (including phenoxy) is 2. The Balaban J connectivity index is 2.18. The smallest absolute Gasteiger partial charge is 0.416 e. The Morgan fingerprint density at radius 3 is 1.58 bits per heavy atom. The van der Waals surface area contributed by atoms with Crippen molar-refractivity contribution in [1.29, 1.82) is 0 Å². The second kappa shape index (κ2) is 7.03. The maximum Gasteiger partial charge on any atom is 0.416 e. The van der Waals surface area contributed by atoms with Gasteiger partial charge in [-0.3, -0.25) is 9.97 Å². The summed E-state index contributed by atoms with van der Waals surface area (Å²) in [7, 11) is 2.97. The van der Waals surface area contributed by atoms with E-state index in [9.17, 15) is 13.2 Å². The molecule has 0 aliphatic rings. The zero-order valence-electron chi connectivity index (χ0n) is 14.0. The highest BCUT2D eigenvalue weighted by molar-refractivity contribution is 5.72. The molecule has 0 bridgehead atoms. The van der Waals surface area contributed by atoms with Crippen LogP contribution >= 0.6 is 0 Å². The molecular weight excluding hydrogens is 345 g/mol. The van der Waals surface area contributed by atoms with E-state index in [1.165, 1.54) is 26.6 Å². The highest BCUT2D eigenvalue weighted by Crippen LogP contribution is 2.36. The predicted octanol–water partition coefficient (Wildman–Crippen LogP) is 4.85. The van der Waals surface area contributed by atoms with Crippen LogP contribution in [0.3, 0.4) is 0 Å². The van der Waals surface area contributed by atoms with E-state index in [1.54, 1.807) is 30.3 Å². The Bertz CT molecular complexity index is 861. The van der Waals surface area contributed by atoms with Crippen LogP contribution in [0.1, 0.15) is 5.56 Å². The third-order valence-electron chi connectivity index (χ3n) is 3.79. The minimum absolute atomic E-state index is 0.318. The zero-order chi connectivity index (χ0) is 18.7. The van der Waals surface area contributed by atoms with E-state index >= 15 is 0 Å². The summed E-state index contributed by atoms with van der Waals surface area (Å²) in [6.07, 6.45) is -1.53. The van der Waals surface area contributed by atoms with Gasteiger partial charge in [-0.1, -0.05) is 0 Å². The lowest BCUT2D eigenvalue weighted by Crippen LogP contribution is -2.05. The van der Waals surface area contributed by atoms with E-state index in [1.807, 2.05) is 0 Å². The third-order valence-corrected chi connectivity index (χ3v) is 3.79. The average molecular weight is 360 g/mol. The molecule has 0 atom stereocenters. The van der Waals surface area contributed by atoms with Crippen molar-refractivity contribution in [3.8, 4) is 34.0 Å². The lowest BCUT2D eigenvalue weighted by atomic mass is 10.00. The van der Waals surface area contributed by atoms with Crippen LogP contribution < -0.4 is 9.47 Å². The molecule has 26 heavy (non-hydrogen) atoms. The highest BCUT2D eigenvalue weighted by Gasteiger charge is 2.31. The van der Waals surface area contributed by atoms with Gasteiger partial charge in [0.05, 0.1) is 31.2 Å².